The Balaban J connectivity index is 1.29. The van der Waals surface area contributed by atoms with Crippen LogP contribution in [0.25, 0.3) is 22.5 Å². The Morgan fingerprint density at radius 1 is 1.10 bits per heavy atom. The van der Waals surface area contributed by atoms with Crippen LogP contribution < -0.4 is 5.73 Å². The number of nitrogen functional groups attached to an aromatic ring is 1. The highest BCUT2D eigenvalue weighted by atomic mass is 32.2. The monoisotopic (exact) mass is 576 g/mol. The molecule has 1 aromatic carbocycles. The molecule has 0 radical (unpaired) electrons. The van der Waals surface area contributed by atoms with Crippen molar-refractivity contribution in [1.29, 1.82) is 0 Å². The first kappa shape index (κ1) is 25.3. The second-order valence-corrected chi connectivity index (χ2v) is 12.5. The van der Waals surface area contributed by atoms with Gasteiger partial charge in [0.15, 0.2) is 15.5 Å². The van der Waals surface area contributed by atoms with Crippen LogP contribution in [0, 0.1) is 5.82 Å². The van der Waals surface area contributed by atoms with Crippen molar-refractivity contribution in [1.82, 2.24) is 44.5 Å². The normalized spacial score (nSPS) is 20.6. The van der Waals surface area contributed by atoms with E-state index in [-0.39, 0.29) is 46.3 Å². The minimum absolute atomic E-state index is 0.0165. The van der Waals surface area contributed by atoms with Crippen molar-refractivity contribution >= 4 is 27.2 Å². The van der Waals surface area contributed by atoms with Crippen LogP contribution in [0.15, 0.2) is 54.1 Å². The van der Waals surface area contributed by atoms with Gasteiger partial charge < -0.3 is 10.6 Å². The van der Waals surface area contributed by atoms with Crippen molar-refractivity contribution in [2.24, 2.45) is 0 Å². The molecule has 0 saturated carbocycles. The molecular weight excluding hydrogens is 551 g/mol. The molecule has 4 aromatic heterocycles. The standard InChI is InChI=1S/C26H25FN10O3S/c1-41(39,40)22-21(14-8-18-6-7-19(9-14)36(18)26(38)24-29-13-30-34-24)33-25-20(11-32-37(25)23(22)28)15-10-31-35(12-15)17-4-2-16(27)3-5-17/h2-5,10-14,18-19H,6-9,28H2,1H3,(H,29,30,34). The van der Waals surface area contributed by atoms with E-state index in [1.54, 1.807) is 35.4 Å². The average Bonchev–Trinajstić information content (AvgIpc) is 3.74. The molecule has 2 bridgehead atoms. The molecule has 1 amide bonds. The van der Waals surface area contributed by atoms with Gasteiger partial charge in [-0.1, -0.05) is 0 Å². The van der Waals surface area contributed by atoms with Crippen LogP contribution in [-0.2, 0) is 9.84 Å². The highest BCUT2D eigenvalue weighted by Gasteiger charge is 2.46. The van der Waals surface area contributed by atoms with E-state index in [2.05, 4.69) is 25.4 Å². The number of sulfone groups is 1. The number of anilines is 1. The van der Waals surface area contributed by atoms with E-state index in [1.807, 2.05) is 4.90 Å². The molecule has 3 N–H and O–H groups in total. The Labute approximate surface area is 233 Å². The van der Waals surface area contributed by atoms with E-state index >= 15 is 0 Å². The molecule has 0 spiro atoms. The van der Waals surface area contributed by atoms with Gasteiger partial charge in [-0.25, -0.2) is 27.5 Å². The lowest BCUT2D eigenvalue weighted by molar-refractivity contribution is 0.0556. The molecule has 15 heteroatoms. The van der Waals surface area contributed by atoms with Gasteiger partial charge in [-0.3, -0.25) is 9.89 Å². The largest absolute Gasteiger partial charge is 0.382 e. The fourth-order valence-corrected chi connectivity index (χ4v) is 7.30. The van der Waals surface area contributed by atoms with E-state index < -0.39 is 9.84 Å². The molecule has 2 fully saturated rings. The zero-order valence-electron chi connectivity index (χ0n) is 21.8. The lowest BCUT2D eigenvalue weighted by Crippen LogP contribution is -2.46. The molecule has 0 aliphatic carbocycles. The molecule has 210 valence electrons. The molecule has 41 heavy (non-hydrogen) atoms. The van der Waals surface area contributed by atoms with E-state index in [0.717, 1.165) is 19.1 Å². The minimum atomic E-state index is -3.77. The molecule has 2 unspecified atom stereocenters. The van der Waals surface area contributed by atoms with Crippen LogP contribution in [0.2, 0.25) is 0 Å². The van der Waals surface area contributed by atoms with Gasteiger partial charge in [0.05, 0.1) is 23.8 Å². The second kappa shape index (κ2) is 9.19. The SMILES string of the molecule is CS(=O)(=O)c1c(C2CC3CCC(C2)N3C(=O)c2ncn[nH]2)nc2c(-c3cnn(-c4ccc(F)cc4)c3)cnn2c1N. The first-order chi connectivity index (χ1) is 19.7. The fourth-order valence-electron chi connectivity index (χ4n) is 6.24. The number of carbonyl (C=O) groups excluding carboxylic acids is 1. The van der Waals surface area contributed by atoms with E-state index in [0.29, 0.717) is 41.0 Å². The maximum atomic E-state index is 13.4. The number of halogens is 1. The quantitative estimate of drug-likeness (QED) is 0.319. The van der Waals surface area contributed by atoms with Crippen molar-refractivity contribution in [3.05, 3.63) is 66.5 Å². The molecule has 2 saturated heterocycles. The number of carbonyl (C=O) groups is 1. The number of aromatic amines is 1. The molecule has 2 aliphatic rings. The molecule has 5 aromatic rings. The van der Waals surface area contributed by atoms with Crippen LogP contribution >= 0.6 is 0 Å². The summed E-state index contributed by atoms with van der Waals surface area (Å²) in [5, 5.41) is 15.2. The van der Waals surface area contributed by atoms with Crippen molar-refractivity contribution in [3.63, 3.8) is 0 Å². The molecule has 6 heterocycles. The van der Waals surface area contributed by atoms with Crippen LogP contribution in [-0.4, -0.2) is 77.1 Å². The lowest BCUT2D eigenvalue weighted by atomic mass is 9.87. The lowest BCUT2D eigenvalue weighted by Gasteiger charge is -2.38. The van der Waals surface area contributed by atoms with Crippen LogP contribution in [0.5, 0.6) is 0 Å². The second-order valence-electron chi connectivity index (χ2n) is 10.5. The van der Waals surface area contributed by atoms with Crippen molar-refractivity contribution in [3.8, 4) is 16.8 Å². The number of piperidine rings is 1. The maximum Gasteiger partial charge on any atom is 0.291 e. The van der Waals surface area contributed by atoms with Gasteiger partial charge in [0.1, 0.15) is 22.9 Å². The first-order valence-corrected chi connectivity index (χ1v) is 14.9. The van der Waals surface area contributed by atoms with Crippen molar-refractivity contribution < 1.29 is 17.6 Å². The topological polar surface area (TPSA) is 170 Å². The fraction of sp³-hybridized carbons (Fsp3) is 0.308. The van der Waals surface area contributed by atoms with Crippen LogP contribution in [0.3, 0.4) is 0 Å². The summed E-state index contributed by atoms with van der Waals surface area (Å²) in [5.41, 5.74) is 9.23. The average molecular weight is 577 g/mol. The summed E-state index contributed by atoms with van der Waals surface area (Å²) in [5.74, 6) is -0.633. The molecule has 2 atom stereocenters. The molecule has 2 aliphatic heterocycles. The van der Waals surface area contributed by atoms with Gasteiger partial charge in [-0.2, -0.15) is 19.8 Å². The Kier molecular flexibility index (Phi) is 5.67. The Morgan fingerprint density at radius 2 is 1.83 bits per heavy atom. The Hall–Kier alpha value is -4.66. The van der Waals surface area contributed by atoms with Gasteiger partial charge in [0.25, 0.3) is 5.91 Å². The van der Waals surface area contributed by atoms with E-state index in [1.165, 1.54) is 23.0 Å². The number of nitrogens with one attached hydrogen (secondary N) is 1. The summed E-state index contributed by atoms with van der Waals surface area (Å²) in [6.07, 6.45) is 10.1. The predicted molar refractivity (Wildman–Crippen MR) is 144 cm³/mol. The number of fused-ring (bicyclic) bond motifs is 3. The highest BCUT2D eigenvalue weighted by molar-refractivity contribution is 7.91. The van der Waals surface area contributed by atoms with Crippen LogP contribution in [0.4, 0.5) is 10.2 Å². The number of amides is 1. The van der Waals surface area contributed by atoms with Gasteiger partial charge in [-0.05, 0) is 49.9 Å². The van der Waals surface area contributed by atoms with E-state index in [9.17, 15) is 17.6 Å². The third kappa shape index (κ3) is 4.15. The Bertz CT molecular complexity index is 1890. The molecule has 13 nitrogen and oxygen atoms in total. The Morgan fingerprint density at radius 3 is 2.49 bits per heavy atom. The number of H-pyrrole nitrogens is 1. The minimum Gasteiger partial charge on any atom is -0.382 e. The highest BCUT2D eigenvalue weighted by Crippen LogP contribution is 2.45. The summed E-state index contributed by atoms with van der Waals surface area (Å²) in [7, 11) is -3.77. The third-order valence-electron chi connectivity index (χ3n) is 7.99. The van der Waals surface area contributed by atoms with Gasteiger partial charge in [-0.15, -0.1) is 0 Å². The summed E-state index contributed by atoms with van der Waals surface area (Å²) < 4.78 is 42.4. The number of hydrogen-bond acceptors (Lipinski definition) is 9. The van der Waals surface area contributed by atoms with Crippen molar-refractivity contribution in [2.75, 3.05) is 12.0 Å². The van der Waals surface area contributed by atoms with Crippen LogP contribution in [0.1, 0.15) is 47.9 Å². The number of benzene rings is 1. The first-order valence-electron chi connectivity index (χ1n) is 13.0. The number of aromatic nitrogens is 8. The smallest absolute Gasteiger partial charge is 0.291 e. The van der Waals surface area contributed by atoms with E-state index in [4.69, 9.17) is 10.7 Å². The summed E-state index contributed by atoms with van der Waals surface area (Å²) in [6.45, 7) is 0. The van der Waals surface area contributed by atoms with Gasteiger partial charge >= 0.3 is 0 Å². The summed E-state index contributed by atoms with van der Waals surface area (Å²) in [6, 6.07) is 5.74. The number of hydrogen-bond donors (Lipinski definition) is 2. The molecule has 7 rings (SSSR count). The zero-order chi connectivity index (χ0) is 28.5. The number of nitrogens with zero attached hydrogens (tertiary/aromatic N) is 8. The zero-order valence-corrected chi connectivity index (χ0v) is 22.7. The predicted octanol–water partition coefficient (Wildman–Crippen LogP) is 2.38. The van der Waals surface area contributed by atoms with Gasteiger partial charge in [0.2, 0.25) is 5.82 Å². The summed E-state index contributed by atoms with van der Waals surface area (Å²) in [4.78, 5) is 23.8. The van der Waals surface area contributed by atoms with Gasteiger partial charge in [0, 0.05) is 41.6 Å². The third-order valence-corrected chi connectivity index (χ3v) is 9.15. The number of nitrogens with two attached hydrogens (primary N) is 1. The molecular formula is C26H25FN10O3S. The van der Waals surface area contributed by atoms with Crippen molar-refractivity contribution in [2.45, 2.75) is 48.6 Å². The number of rotatable bonds is 5. The summed E-state index contributed by atoms with van der Waals surface area (Å²) >= 11 is 0. The maximum absolute atomic E-state index is 13.4.